The van der Waals surface area contributed by atoms with Gasteiger partial charge in [0.05, 0.1) is 31.7 Å². The number of likely N-dealkylation sites (tertiary alicyclic amines) is 1. The van der Waals surface area contributed by atoms with Crippen molar-refractivity contribution in [3.8, 4) is 5.75 Å². The Labute approximate surface area is 143 Å². The van der Waals surface area contributed by atoms with Gasteiger partial charge in [0, 0.05) is 19.5 Å². The van der Waals surface area contributed by atoms with Crippen molar-refractivity contribution in [3.63, 3.8) is 0 Å². The van der Waals surface area contributed by atoms with Gasteiger partial charge in [0.15, 0.2) is 23.1 Å². The van der Waals surface area contributed by atoms with Gasteiger partial charge in [-0.05, 0) is 18.6 Å². The molecular formula is C17H18F2N2O4. The van der Waals surface area contributed by atoms with Crippen LogP contribution in [0.3, 0.4) is 0 Å². The van der Waals surface area contributed by atoms with Crippen LogP contribution in [0.2, 0.25) is 0 Å². The fourth-order valence-corrected chi connectivity index (χ4v) is 4.23. The molecule has 0 aliphatic carbocycles. The number of nitrogens with zero attached hydrogens (tertiary/aromatic N) is 2. The van der Waals surface area contributed by atoms with Crippen LogP contribution in [-0.4, -0.2) is 60.2 Å². The van der Waals surface area contributed by atoms with Gasteiger partial charge in [-0.2, -0.15) is 0 Å². The molecule has 4 rings (SSSR count). The first-order valence-corrected chi connectivity index (χ1v) is 8.27. The van der Waals surface area contributed by atoms with E-state index in [1.54, 1.807) is 4.90 Å². The van der Waals surface area contributed by atoms with Gasteiger partial charge in [-0.25, -0.2) is 8.78 Å². The smallest absolute Gasteiger partial charge is 0.257 e. The Balaban J connectivity index is 1.68. The van der Waals surface area contributed by atoms with Crippen molar-refractivity contribution in [1.29, 1.82) is 0 Å². The van der Waals surface area contributed by atoms with Crippen LogP contribution in [0.1, 0.15) is 29.6 Å². The summed E-state index contributed by atoms with van der Waals surface area (Å²) >= 11 is 0. The van der Waals surface area contributed by atoms with E-state index in [9.17, 15) is 18.4 Å². The Kier molecular flexibility index (Phi) is 3.68. The largest absolute Gasteiger partial charge is 0.491 e. The van der Waals surface area contributed by atoms with E-state index in [4.69, 9.17) is 9.47 Å². The highest BCUT2D eigenvalue weighted by atomic mass is 19.1. The van der Waals surface area contributed by atoms with Crippen molar-refractivity contribution < 1.29 is 27.8 Å². The monoisotopic (exact) mass is 352 g/mol. The second-order valence-electron chi connectivity index (χ2n) is 6.50. The molecule has 0 aromatic heterocycles. The molecule has 3 saturated heterocycles. The highest BCUT2D eigenvalue weighted by molar-refractivity contribution is 5.96. The maximum absolute atomic E-state index is 14.5. The van der Waals surface area contributed by atoms with E-state index in [1.807, 2.05) is 0 Å². The summed E-state index contributed by atoms with van der Waals surface area (Å²) < 4.78 is 38.7. The summed E-state index contributed by atoms with van der Waals surface area (Å²) in [6.45, 7) is 1.49. The van der Waals surface area contributed by atoms with E-state index in [-0.39, 0.29) is 17.9 Å². The summed E-state index contributed by atoms with van der Waals surface area (Å²) in [6.07, 6.45) is 1.42. The van der Waals surface area contributed by atoms with Crippen LogP contribution in [0.25, 0.3) is 0 Å². The summed E-state index contributed by atoms with van der Waals surface area (Å²) in [6, 6.07) is 1.66. The topological polar surface area (TPSA) is 59.1 Å². The van der Waals surface area contributed by atoms with Crippen LogP contribution in [-0.2, 0) is 9.53 Å². The molecule has 6 nitrogen and oxygen atoms in total. The molecule has 0 N–H and O–H groups in total. The summed E-state index contributed by atoms with van der Waals surface area (Å²) in [5, 5.41) is 0. The Morgan fingerprint density at radius 3 is 2.92 bits per heavy atom. The fraction of sp³-hybridized carbons (Fsp3) is 0.529. The first-order valence-electron chi connectivity index (χ1n) is 8.27. The molecule has 1 aromatic carbocycles. The zero-order chi connectivity index (χ0) is 17.8. The highest BCUT2D eigenvalue weighted by Crippen LogP contribution is 2.45. The molecule has 3 fully saturated rings. The number of carbonyl (C=O) groups excluding carboxylic acids is 2. The number of methoxy groups -OCH3 is 1. The lowest BCUT2D eigenvalue weighted by Crippen LogP contribution is -2.56. The number of halogens is 2. The Bertz CT molecular complexity index is 756. The molecule has 2 amide bonds. The molecule has 0 bridgehead atoms. The van der Waals surface area contributed by atoms with E-state index in [1.165, 1.54) is 4.90 Å². The predicted octanol–water partition coefficient (Wildman–Crippen LogP) is 1.54. The van der Waals surface area contributed by atoms with Gasteiger partial charge in [0.25, 0.3) is 5.91 Å². The number of benzene rings is 1. The first kappa shape index (κ1) is 16.3. The van der Waals surface area contributed by atoms with Crippen molar-refractivity contribution in [2.75, 3.05) is 26.8 Å². The van der Waals surface area contributed by atoms with Crippen LogP contribution in [0.5, 0.6) is 5.75 Å². The van der Waals surface area contributed by atoms with Gasteiger partial charge in [-0.15, -0.1) is 0 Å². The molecule has 0 saturated carbocycles. The van der Waals surface area contributed by atoms with Crippen LogP contribution in [0.4, 0.5) is 8.78 Å². The molecule has 1 aromatic rings. The minimum atomic E-state index is -1.03. The minimum Gasteiger partial charge on any atom is -0.491 e. The van der Waals surface area contributed by atoms with Gasteiger partial charge in [0.1, 0.15) is 0 Å². The quantitative estimate of drug-likeness (QED) is 0.810. The van der Waals surface area contributed by atoms with Crippen molar-refractivity contribution in [3.05, 3.63) is 29.3 Å². The van der Waals surface area contributed by atoms with E-state index in [0.29, 0.717) is 26.1 Å². The number of rotatable bonds is 2. The number of carbonyl (C=O) groups is 2. The lowest BCUT2D eigenvalue weighted by Gasteiger charge is -2.42. The molecular weight excluding hydrogens is 334 g/mol. The zero-order valence-electron chi connectivity index (χ0n) is 13.8. The molecule has 25 heavy (non-hydrogen) atoms. The first-order chi connectivity index (χ1) is 12.0. The van der Waals surface area contributed by atoms with Crippen molar-refractivity contribution >= 4 is 11.8 Å². The average Bonchev–Trinajstić information content (AvgIpc) is 3.07. The van der Waals surface area contributed by atoms with E-state index >= 15 is 0 Å². The zero-order valence-corrected chi connectivity index (χ0v) is 13.8. The second kappa shape index (κ2) is 5.66. The Morgan fingerprint density at radius 2 is 2.16 bits per heavy atom. The third-order valence-electron chi connectivity index (χ3n) is 5.36. The molecule has 134 valence electrons. The Morgan fingerprint density at radius 1 is 1.36 bits per heavy atom. The predicted molar refractivity (Wildman–Crippen MR) is 82.0 cm³/mol. The maximum Gasteiger partial charge on any atom is 0.257 e. The number of hydrogen-bond acceptors (Lipinski definition) is 4. The molecule has 0 radical (unpaired) electrons. The van der Waals surface area contributed by atoms with E-state index in [0.717, 1.165) is 25.7 Å². The Hall–Kier alpha value is -2.22. The van der Waals surface area contributed by atoms with Crippen LogP contribution in [0, 0.1) is 11.6 Å². The second-order valence-corrected chi connectivity index (χ2v) is 6.50. The normalized spacial score (nSPS) is 28.1. The van der Waals surface area contributed by atoms with Crippen LogP contribution in [0.15, 0.2) is 12.1 Å². The number of hydrogen-bond donors (Lipinski definition) is 0. The lowest BCUT2D eigenvalue weighted by atomic mass is 10.0. The van der Waals surface area contributed by atoms with Gasteiger partial charge < -0.3 is 19.3 Å². The standard InChI is InChI=1S/C17H18F2N2O4/c1-24-15-11(18)4-3-10(14(15)19)16(23)20-7-5-17-12(20)9-13(22)21(17)6-2-8-25-17/h3-4,12H,2,5-9H2,1H3/t12-,17+/m1/s1. The summed E-state index contributed by atoms with van der Waals surface area (Å²) in [5.74, 6) is -3.12. The lowest BCUT2D eigenvalue weighted by molar-refractivity contribution is -0.179. The molecule has 3 aliphatic heterocycles. The van der Waals surface area contributed by atoms with Crippen molar-refractivity contribution in [2.24, 2.45) is 0 Å². The van der Waals surface area contributed by atoms with Crippen LogP contribution >= 0.6 is 0 Å². The number of amides is 2. The van der Waals surface area contributed by atoms with Crippen molar-refractivity contribution in [1.82, 2.24) is 9.80 Å². The molecule has 3 heterocycles. The summed E-state index contributed by atoms with van der Waals surface area (Å²) in [4.78, 5) is 28.4. The minimum absolute atomic E-state index is 0.0561. The SMILES string of the molecule is COc1c(F)ccc(C(=O)N2CC[C@@]34OCCCN3C(=O)C[C@@H]24)c1F. The van der Waals surface area contributed by atoms with Gasteiger partial charge >= 0.3 is 0 Å². The number of ether oxygens (including phenoxy) is 2. The van der Waals surface area contributed by atoms with Crippen molar-refractivity contribution in [2.45, 2.75) is 31.0 Å². The molecule has 0 unspecified atom stereocenters. The van der Waals surface area contributed by atoms with E-state index in [2.05, 4.69) is 0 Å². The average molecular weight is 352 g/mol. The molecule has 3 aliphatic rings. The van der Waals surface area contributed by atoms with Gasteiger partial charge in [0.2, 0.25) is 5.91 Å². The summed E-state index contributed by atoms with van der Waals surface area (Å²) in [5.41, 5.74) is -1.07. The third kappa shape index (κ3) is 2.16. The molecule has 8 heteroatoms. The molecule has 1 spiro atoms. The van der Waals surface area contributed by atoms with E-state index < -0.39 is 35.1 Å². The molecule has 2 atom stereocenters. The fourth-order valence-electron chi connectivity index (χ4n) is 4.23. The van der Waals surface area contributed by atoms with Crippen LogP contribution < -0.4 is 4.74 Å². The van der Waals surface area contributed by atoms with Gasteiger partial charge in [-0.1, -0.05) is 0 Å². The highest BCUT2D eigenvalue weighted by Gasteiger charge is 2.61. The van der Waals surface area contributed by atoms with Gasteiger partial charge in [-0.3, -0.25) is 9.59 Å². The summed E-state index contributed by atoms with van der Waals surface area (Å²) in [7, 11) is 1.14. The maximum atomic E-state index is 14.5. The third-order valence-corrected chi connectivity index (χ3v) is 5.36.